The molecule has 6 heteroatoms. The monoisotopic (exact) mass is 341 g/mol. The van der Waals surface area contributed by atoms with Gasteiger partial charge in [-0.3, -0.25) is 15.0 Å². The number of urea groups is 1. The molecule has 0 spiro atoms. The minimum Gasteiger partial charge on any atom is -0.497 e. The van der Waals surface area contributed by atoms with Crippen LogP contribution in [0.4, 0.5) is 4.79 Å². The Balaban J connectivity index is 2.24. The van der Waals surface area contributed by atoms with Gasteiger partial charge in [0, 0.05) is 13.6 Å². The Morgan fingerprint density at radius 1 is 1.12 bits per heavy atom. The maximum atomic E-state index is 12.6. The molecular weight excluding hydrogens is 318 g/mol. The van der Waals surface area contributed by atoms with Gasteiger partial charge >= 0.3 is 6.03 Å². The van der Waals surface area contributed by atoms with Crippen molar-refractivity contribution in [2.75, 3.05) is 21.2 Å². The van der Waals surface area contributed by atoms with Crippen molar-refractivity contribution in [2.24, 2.45) is 0 Å². The van der Waals surface area contributed by atoms with Crippen LogP contribution in [0.2, 0.25) is 0 Å². The molecule has 25 heavy (non-hydrogen) atoms. The van der Waals surface area contributed by atoms with Crippen molar-refractivity contribution in [3.8, 4) is 5.75 Å². The Kier molecular flexibility index (Phi) is 6.54. The standard InChI is InChI=1S/C19H23N3O3/c1-20-19(24)21-18(23)17(15-9-5-4-6-10-15)22(2)13-14-8-7-11-16(12-14)25-3/h4-12,17H,13H2,1-3H3,(H2,20,21,23,24)/t17-/m1/s1. The van der Waals surface area contributed by atoms with Crippen LogP contribution in [0.15, 0.2) is 54.6 Å². The zero-order chi connectivity index (χ0) is 18.2. The molecule has 3 amide bonds. The second-order valence-corrected chi connectivity index (χ2v) is 5.65. The number of nitrogens with zero attached hydrogens (tertiary/aromatic N) is 1. The summed E-state index contributed by atoms with van der Waals surface area (Å²) in [7, 11) is 4.94. The summed E-state index contributed by atoms with van der Waals surface area (Å²) in [5, 5.41) is 4.76. The average Bonchev–Trinajstić information content (AvgIpc) is 2.62. The van der Waals surface area contributed by atoms with E-state index in [4.69, 9.17) is 4.74 Å². The Hall–Kier alpha value is -2.86. The van der Waals surface area contributed by atoms with E-state index in [-0.39, 0.29) is 5.91 Å². The highest BCUT2D eigenvalue weighted by Gasteiger charge is 2.26. The van der Waals surface area contributed by atoms with Crippen molar-refractivity contribution < 1.29 is 14.3 Å². The smallest absolute Gasteiger partial charge is 0.321 e. The SMILES string of the molecule is CNC(=O)NC(=O)[C@@H](c1ccccc1)N(C)Cc1cccc(OC)c1. The molecule has 0 aliphatic rings. The van der Waals surface area contributed by atoms with Crippen LogP contribution in [0.5, 0.6) is 5.75 Å². The number of imide groups is 1. The molecule has 2 N–H and O–H groups in total. The number of amides is 3. The van der Waals surface area contributed by atoms with Crippen LogP contribution >= 0.6 is 0 Å². The fourth-order valence-corrected chi connectivity index (χ4v) is 2.63. The fraction of sp³-hybridized carbons (Fsp3) is 0.263. The van der Waals surface area contributed by atoms with Crippen LogP contribution in [-0.2, 0) is 11.3 Å². The van der Waals surface area contributed by atoms with Crippen molar-refractivity contribution in [1.29, 1.82) is 0 Å². The molecule has 0 radical (unpaired) electrons. The Bertz CT molecular complexity index is 719. The number of hydrogen-bond donors (Lipinski definition) is 2. The maximum Gasteiger partial charge on any atom is 0.321 e. The first-order valence-electron chi connectivity index (χ1n) is 7.96. The average molecular weight is 341 g/mol. The number of benzene rings is 2. The number of methoxy groups -OCH3 is 1. The van der Waals surface area contributed by atoms with Crippen molar-refractivity contribution in [3.05, 3.63) is 65.7 Å². The van der Waals surface area contributed by atoms with Crippen molar-refractivity contribution >= 4 is 11.9 Å². The van der Waals surface area contributed by atoms with Gasteiger partial charge in [0.25, 0.3) is 0 Å². The number of carbonyl (C=O) groups excluding carboxylic acids is 2. The third-order valence-corrected chi connectivity index (χ3v) is 3.83. The molecule has 0 heterocycles. The van der Waals surface area contributed by atoms with Gasteiger partial charge in [-0.1, -0.05) is 42.5 Å². The first-order valence-corrected chi connectivity index (χ1v) is 7.96. The Labute approximate surface area is 147 Å². The van der Waals surface area contributed by atoms with E-state index in [9.17, 15) is 9.59 Å². The summed E-state index contributed by atoms with van der Waals surface area (Å²) in [4.78, 5) is 26.1. The maximum absolute atomic E-state index is 12.6. The summed E-state index contributed by atoms with van der Waals surface area (Å²) in [5.74, 6) is 0.382. The van der Waals surface area contributed by atoms with Crippen LogP contribution in [0, 0.1) is 0 Å². The van der Waals surface area contributed by atoms with E-state index in [2.05, 4.69) is 10.6 Å². The molecule has 2 rings (SSSR count). The van der Waals surface area contributed by atoms with Gasteiger partial charge in [0.15, 0.2) is 0 Å². The molecule has 6 nitrogen and oxygen atoms in total. The molecule has 0 bridgehead atoms. The molecular formula is C19H23N3O3. The quantitative estimate of drug-likeness (QED) is 0.846. The van der Waals surface area contributed by atoms with Gasteiger partial charge in [-0.25, -0.2) is 4.79 Å². The van der Waals surface area contributed by atoms with E-state index < -0.39 is 12.1 Å². The molecule has 2 aromatic carbocycles. The zero-order valence-electron chi connectivity index (χ0n) is 14.7. The van der Waals surface area contributed by atoms with E-state index in [0.29, 0.717) is 6.54 Å². The third-order valence-electron chi connectivity index (χ3n) is 3.83. The number of nitrogens with one attached hydrogen (secondary N) is 2. The second-order valence-electron chi connectivity index (χ2n) is 5.65. The molecule has 0 saturated heterocycles. The highest BCUT2D eigenvalue weighted by molar-refractivity contribution is 5.97. The van der Waals surface area contributed by atoms with Crippen LogP contribution in [-0.4, -0.2) is 38.0 Å². The molecule has 0 aromatic heterocycles. The Morgan fingerprint density at radius 3 is 2.48 bits per heavy atom. The topological polar surface area (TPSA) is 70.7 Å². The van der Waals surface area contributed by atoms with E-state index in [1.807, 2.05) is 66.5 Å². The number of likely N-dealkylation sites (N-methyl/N-ethyl adjacent to an activating group) is 1. The van der Waals surface area contributed by atoms with Crippen LogP contribution in [0.3, 0.4) is 0 Å². The number of carbonyl (C=O) groups is 2. The highest BCUT2D eigenvalue weighted by Crippen LogP contribution is 2.23. The lowest BCUT2D eigenvalue weighted by Gasteiger charge is -2.27. The van der Waals surface area contributed by atoms with E-state index >= 15 is 0 Å². The van der Waals surface area contributed by atoms with Crippen LogP contribution in [0.1, 0.15) is 17.2 Å². The van der Waals surface area contributed by atoms with Gasteiger partial charge in [0.05, 0.1) is 7.11 Å². The third kappa shape index (κ3) is 5.06. The summed E-state index contributed by atoms with van der Waals surface area (Å²) in [5.41, 5.74) is 1.82. The lowest BCUT2D eigenvalue weighted by atomic mass is 10.0. The summed E-state index contributed by atoms with van der Waals surface area (Å²) in [6.45, 7) is 0.526. The normalized spacial score (nSPS) is 11.7. The van der Waals surface area contributed by atoms with E-state index in [0.717, 1.165) is 16.9 Å². The van der Waals surface area contributed by atoms with Gasteiger partial charge in [-0.05, 0) is 30.3 Å². The van der Waals surface area contributed by atoms with Gasteiger partial charge < -0.3 is 10.1 Å². The summed E-state index contributed by atoms with van der Waals surface area (Å²) in [6.07, 6.45) is 0. The summed E-state index contributed by atoms with van der Waals surface area (Å²) in [6, 6.07) is 15.9. The van der Waals surface area contributed by atoms with Gasteiger partial charge in [0.2, 0.25) is 5.91 Å². The molecule has 0 aliphatic heterocycles. The van der Waals surface area contributed by atoms with Gasteiger partial charge in [-0.15, -0.1) is 0 Å². The minimum atomic E-state index is -0.593. The zero-order valence-corrected chi connectivity index (χ0v) is 14.7. The summed E-state index contributed by atoms with van der Waals surface area (Å²) < 4.78 is 5.25. The molecule has 1 atom stereocenters. The van der Waals surface area contributed by atoms with Crippen molar-refractivity contribution in [2.45, 2.75) is 12.6 Å². The van der Waals surface area contributed by atoms with Gasteiger partial charge in [-0.2, -0.15) is 0 Å². The molecule has 0 unspecified atom stereocenters. The number of hydrogen-bond acceptors (Lipinski definition) is 4. The van der Waals surface area contributed by atoms with Crippen LogP contribution in [0.25, 0.3) is 0 Å². The lowest BCUT2D eigenvalue weighted by molar-refractivity contribution is -0.125. The van der Waals surface area contributed by atoms with Crippen molar-refractivity contribution in [1.82, 2.24) is 15.5 Å². The lowest BCUT2D eigenvalue weighted by Crippen LogP contribution is -2.44. The Morgan fingerprint density at radius 2 is 1.84 bits per heavy atom. The predicted molar refractivity (Wildman–Crippen MR) is 96.2 cm³/mol. The van der Waals surface area contributed by atoms with Crippen LogP contribution < -0.4 is 15.4 Å². The highest BCUT2D eigenvalue weighted by atomic mass is 16.5. The second kappa shape index (κ2) is 8.84. The van der Waals surface area contributed by atoms with E-state index in [1.54, 1.807) is 7.11 Å². The largest absolute Gasteiger partial charge is 0.497 e. The van der Waals surface area contributed by atoms with Gasteiger partial charge in [0.1, 0.15) is 11.8 Å². The first-order chi connectivity index (χ1) is 12.0. The van der Waals surface area contributed by atoms with E-state index in [1.165, 1.54) is 7.05 Å². The first kappa shape index (κ1) is 18.5. The molecule has 0 aliphatic carbocycles. The molecule has 2 aromatic rings. The fourth-order valence-electron chi connectivity index (χ4n) is 2.63. The summed E-state index contributed by atoms with van der Waals surface area (Å²) >= 11 is 0. The molecule has 0 saturated carbocycles. The number of ether oxygens (including phenoxy) is 1. The van der Waals surface area contributed by atoms with Crippen molar-refractivity contribution in [3.63, 3.8) is 0 Å². The minimum absolute atomic E-state index is 0.379. The number of rotatable bonds is 6. The molecule has 132 valence electrons. The molecule has 0 fully saturated rings. The predicted octanol–water partition coefficient (Wildman–Crippen LogP) is 2.32.